The zero-order valence-electron chi connectivity index (χ0n) is 14.3. The smallest absolute Gasteiger partial charge is 0.317 e. The van der Waals surface area contributed by atoms with Gasteiger partial charge in [0.25, 0.3) is 0 Å². The Labute approximate surface area is 138 Å². The van der Waals surface area contributed by atoms with E-state index in [1.54, 1.807) is 19.1 Å². The molecule has 0 spiro atoms. The normalized spacial score (nSPS) is 18.0. The van der Waals surface area contributed by atoms with Gasteiger partial charge in [0.2, 0.25) is 10.0 Å². The molecule has 1 heterocycles. The molecule has 0 radical (unpaired) electrons. The number of rotatable bonds is 9. The van der Waals surface area contributed by atoms with Gasteiger partial charge < -0.3 is 19.7 Å². The molecule has 8 nitrogen and oxygen atoms in total. The van der Waals surface area contributed by atoms with Gasteiger partial charge in [0, 0.05) is 52.6 Å². The van der Waals surface area contributed by atoms with E-state index in [2.05, 4.69) is 10.0 Å². The summed E-state index contributed by atoms with van der Waals surface area (Å²) in [6.07, 6.45) is 3.68. The second kappa shape index (κ2) is 9.41. The topological polar surface area (TPSA) is 97.0 Å². The van der Waals surface area contributed by atoms with E-state index in [9.17, 15) is 13.2 Å². The molecule has 1 aliphatic heterocycles. The summed E-state index contributed by atoms with van der Waals surface area (Å²) in [5.74, 6) is 0. The Balaban J connectivity index is 2.52. The maximum Gasteiger partial charge on any atom is 0.317 e. The van der Waals surface area contributed by atoms with E-state index in [1.807, 2.05) is 0 Å². The van der Waals surface area contributed by atoms with E-state index in [-0.39, 0.29) is 6.03 Å². The lowest BCUT2D eigenvalue weighted by Gasteiger charge is -2.41. The summed E-state index contributed by atoms with van der Waals surface area (Å²) >= 11 is 0. The van der Waals surface area contributed by atoms with E-state index >= 15 is 0 Å². The molecule has 0 aromatic heterocycles. The average Bonchev–Trinajstić information content (AvgIpc) is 2.48. The van der Waals surface area contributed by atoms with Crippen LogP contribution in [0.3, 0.4) is 0 Å². The molecule has 0 aromatic carbocycles. The van der Waals surface area contributed by atoms with Gasteiger partial charge in [-0.15, -0.1) is 0 Å². The van der Waals surface area contributed by atoms with Crippen LogP contribution >= 0.6 is 0 Å². The third-order valence-electron chi connectivity index (χ3n) is 4.00. The molecular weight excluding hydrogens is 322 g/mol. The standard InChI is InChI=1S/C14H29N3O5S/c1-21-11-4-8-15-13(18)17-9-5-14(6-10-17,7-12-22-2)16-23(3,19)20/h16H,4-12H2,1-3H3,(H,15,18). The fraction of sp³-hybridized carbons (Fsp3) is 0.929. The van der Waals surface area contributed by atoms with Crippen LogP contribution in [0.25, 0.3) is 0 Å². The average molecular weight is 351 g/mol. The summed E-state index contributed by atoms with van der Waals surface area (Å²) < 4.78 is 36.0. The molecule has 0 aromatic rings. The van der Waals surface area contributed by atoms with Crippen molar-refractivity contribution in [2.45, 2.75) is 31.2 Å². The fourth-order valence-electron chi connectivity index (χ4n) is 2.76. The Bertz CT molecular complexity index is 461. The van der Waals surface area contributed by atoms with Gasteiger partial charge in [0.1, 0.15) is 0 Å². The van der Waals surface area contributed by atoms with Crippen LogP contribution in [-0.4, -0.2) is 78.2 Å². The highest BCUT2D eigenvalue weighted by molar-refractivity contribution is 7.88. The Hall–Kier alpha value is -0.900. The highest BCUT2D eigenvalue weighted by Gasteiger charge is 2.37. The Morgan fingerprint density at radius 3 is 2.30 bits per heavy atom. The summed E-state index contributed by atoms with van der Waals surface area (Å²) in [7, 11) is -0.0895. The molecule has 136 valence electrons. The largest absolute Gasteiger partial charge is 0.385 e. The first-order chi connectivity index (χ1) is 10.8. The van der Waals surface area contributed by atoms with E-state index in [0.29, 0.717) is 52.1 Å². The molecule has 0 atom stereocenters. The molecule has 23 heavy (non-hydrogen) atoms. The number of piperidine rings is 1. The number of carbonyl (C=O) groups is 1. The first kappa shape index (κ1) is 20.1. The van der Waals surface area contributed by atoms with Crippen molar-refractivity contribution in [3.05, 3.63) is 0 Å². The van der Waals surface area contributed by atoms with Crippen LogP contribution in [-0.2, 0) is 19.5 Å². The molecule has 2 N–H and O–H groups in total. The number of urea groups is 1. The molecule has 1 fully saturated rings. The molecular formula is C14H29N3O5S. The van der Waals surface area contributed by atoms with Crippen molar-refractivity contribution in [2.24, 2.45) is 0 Å². The predicted octanol–water partition coefficient (Wildman–Crippen LogP) is 0.153. The van der Waals surface area contributed by atoms with Gasteiger partial charge in [0.15, 0.2) is 0 Å². The van der Waals surface area contributed by atoms with Gasteiger partial charge in [-0.05, 0) is 25.7 Å². The summed E-state index contributed by atoms with van der Waals surface area (Å²) in [5.41, 5.74) is -0.531. The van der Waals surface area contributed by atoms with Crippen molar-refractivity contribution < 1.29 is 22.7 Å². The molecule has 1 saturated heterocycles. The third-order valence-corrected chi connectivity index (χ3v) is 4.80. The summed E-state index contributed by atoms with van der Waals surface area (Å²) in [5, 5.41) is 2.85. The molecule has 0 unspecified atom stereocenters. The predicted molar refractivity (Wildman–Crippen MR) is 87.9 cm³/mol. The zero-order chi connectivity index (χ0) is 17.3. The van der Waals surface area contributed by atoms with Crippen LogP contribution < -0.4 is 10.0 Å². The SMILES string of the molecule is COCCCNC(=O)N1CCC(CCOC)(NS(C)(=O)=O)CC1. The van der Waals surface area contributed by atoms with Crippen LogP contribution in [0.2, 0.25) is 0 Å². The summed E-state index contributed by atoms with van der Waals surface area (Å²) in [4.78, 5) is 13.8. The van der Waals surface area contributed by atoms with Crippen molar-refractivity contribution in [3.8, 4) is 0 Å². The number of sulfonamides is 1. The number of ether oxygens (including phenoxy) is 2. The monoisotopic (exact) mass is 351 g/mol. The Morgan fingerprint density at radius 2 is 1.78 bits per heavy atom. The number of hydrogen-bond acceptors (Lipinski definition) is 5. The Kier molecular flexibility index (Phi) is 8.24. The van der Waals surface area contributed by atoms with E-state index in [1.165, 1.54) is 0 Å². The molecule has 0 saturated carbocycles. The number of amides is 2. The van der Waals surface area contributed by atoms with Gasteiger partial charge >= 0.3 is 6.03 Å². The molecule has 9 heteroatoms. The minimum atomic E-state index is -3.31. The second-order valence-electron chi connectivity index (χ2n) is 5.96. The maximum absolute atomic E-state index is 12.1. The summed E-state index contributed by atoms with van der Waals surface area (Å²) in [6.45, 7) is 2.69. The quantitative estimate of drug-likeness (QED) is 0.577. The van der Waals surface area contributed by atoms with E-state index < -0.39 is 15.6 Å². The van der Waals surface area contributed by atoms with Crippen molar-refractivity contribution in [2.75, 3.05) is 53.3 Å². The lowest BCUT2D eigenvalue weighted by molar-refractivity contribution is 0.115. The maximum atomic E-state index is 12.1. The number of carbonyl (C=O) groups excluding carboxylic acids is 1. The molecule has 1 rings (SSSR count). The number of hydrogen-bond donors (Lipinski definition) is 2. The van der Waals surface area contributed by atoms with Gasteiger partial charge in [-0.1, -0.05) is 0 Å². The minimum absolute atomic E-state index is 0.110. The van der Waals surface area contributed by atoms with Crippen LogP contribution in [0.5, 0.6) is 0 Å². The number of likely N-dealkylation sites (tertiary alicyclic amines) is 1. The number of nitrogens with one attached hydrogen (secondary N) is 2. The molecule has 0 aliphatic carbocycles. The van der Waals surface area contributed by atoms with Crippen molar-refractivity contribution in [1.29, 1.82) is 0 Å². The van der Waals surface area contributed by atoms with Gasteiger partial charge in [-0.3, -0.25) is 0 Å². The second-order valence-corrected chi connectivity index (χ2v) is 7.71. The Morgan fingerprint density at radius 1 is 1.17 bits per heavy atom. The lowest BCUT2D eigenvalue weighted by atomic mass is 9.86. The summed E-state index contributed by atoms with van der Waals surface area (Å²) in [6, 6.07) is -0.110. The van der Waals surface area contributed by atoms with Gasteiger partial charge in [0.05, 0.1) is 6.26 Å². The van der Waals surface area contributed by atoms with Crippen molar-refractivity contribution >= 4 is 16.1 Å². The first-order valence-corrected chi connectivity index (χ1v) is 9.71. The number of methoxy groups -OCH3 is 2. The minimum Gasteiger partial charge on any atom is -0.385 e. The van der Waals surface area contributed by atoms with Crippen molar-refractivity contribution in [1.82, 2.24) is 14.9 Å². The van der Waals surface area contributed by atoms with E-state index in [4.69, 9.17) is 9.47 Å². The van der Waals surface area contributed by atoms with Crippen LogP contribution in [0, 0.1) is 0 Å². The van der Waals surface area contributed by atoms with Crippen LogP contribution in [0.1, 0.15) is 25.7 Å². The highest BCUT2D eigenvalue weighted by Crippen LogP contribution is 2.26. The van der Waals surface area contributed by atoms with Gasteiger partial charge in [-0.2, -0.15) is 0 Å². The van der Waals surface area contributed by atoms with Crippen molar-refractivity contribution in [3.63, 3.8) is 0 Å². The van der Waals surface area contributed by atoms with Crippen LogP contribution in [0.4, 0.5) is 4.79 Å². The molecule has 2 amide bonds. The van der Waals surface area contributed by atoms with Crippen LogP contribution in [0.15, 0.2) is 0 Å². The zero-order valence-corrected chi connectivity index (χ0v) is 15.1. The van der Waals surface area contributed by atoms with E-state index in [0.717, 1.165) is 12.7 Å². The first-order valence-electron chi connectivity index (χ1n) is 7.81. The molecule has 0 bridgehead atoms. The number of nitrogens with zero attached hydrogens (tertiary/aromatic N) is 1. The lowest BCUT2D eigenvalue weighted by Crippen LogP contribution is -2.57. The fourth-order valence-corrected chi connectivity index (χ4v) is 3.85. The highest BCUT2D eigenvalue weighted by atomic mass is 32.2. The van der Waals surface area contributed by atoms with Gasteiger partial charge in [-0.25, -0.2) is 17.9 Å². The molecule has 1 aliphatic rings. The third kappa shape index (κ3) is 7.47.